The Hall–Kier alpha value is -1.74. The lowest BCUT2D eigenvalue weighted by molar-refractivity contribution is -0.385. The van der Waals surface area contributed by atoms with Crippen LogP contribution in [0.25, 0.3) is 0 Å². The number of nitrogen functional groups attached to an aromatic ring is 1. The molecule has 0 bridgehead atoms. The van der Waals surface area contributed by atoms with Gasteiger partial charge in [0.25, 0.3) is 5.69 Å². The first-order valence-electron chi connectivity index (χ1n) is 4.72. The molecule has 94 valence electrons. The van der Waals surface area contributed by atoms with Crippen molar-refractivity contribution in [3.05, 3.63) is 38.5 Å². The highest BCUT2D eigenvalue weighted by Gasteiger charge is 2.16. The minimum Gasteiger partial charge on any atom is -0.486 e. The van der Waals surface area contributed by atoms with Gasteiger partial charge in [0.1, 0.15) is 27.5 Å². The summed E-state index contributed by atoms with van der Waals surface area (Å²) in [5.41, 5.74) is 6.07. The third-order valence-corrected chi connectivity index (χ3v) is 3.48. The second-order valence-electron chi connectivity index (χ2n) is 3.22. The number of benzene rings is 1. The summed E-state index contributed by atoms with van der Waals surface area (Å²) in [6.07, 6.45) is 0. The van der Waals surface area contributed by atoms with Crippen molar-refractivity contribution in [1.82, 2.24) is 9.59 Å². The normalized spacial score (nSPS) is 10.3. The zero-order chi connectivity index (χ0) is 13.1. The van der Waals surface area contributed by atoms with Crippen molar-refractivity contribution in [2.24, 2.45) is 0 Å². The maximum absolute atomic E-state index is 10.7. The van der Waals surface area contributed by atoms with Crippen LogP contribution in [0, 0.1) is 10.1 Å². The number of nitrogens with two attached hydrogens (primary N) is 1. The predicted octanol–water partition coefficient (Wildman–Crippen LogP) is 2.37. The van der Waals surface area contributed by atoms with Gasteiger partial charge in [0, 0.05) is 17.6 Å². The second kappa shape index (κ2) is 5.27. The molecule has 2 rings (SSSR count). The summed E-state index contributed by atoms with van der Waals surface area (Å²) < 4.78 is 9.38. The van der Waals surface area contributed by atoms with E-state index in [2.05, 4.69) is 25.5 Å². The Bertz CT molecular complexity index is 589. The van der Waals surface area contributed by atoms with Crippen molar-refractivity contribution in [2.75, 3.05) is 5.73 Å². The molecule has 0 fully saturated rings. The topological polar surface area (TPSA) is 104 Å². The molecule has 0 aliphatic carbocycles. The summed E-state index contributed by atoms with van der Waals surface area (Å²) in [5, 5.41) is 15.0. The zero-order valence-electron chi connectivity index (χ0n) is 8.87. The molecule has 0 saturated carbocycles. The molecule has 2 aromatic rings. The van der Waals surface area contributed by atoms with Crippen LogP contribution in [0.2, 0.25) is 0 Å². The van der Waals surface area contributed by atoms with Crippen LogP contribution >= 0.6 is 27.5 Å². The standard InChI is InChI=1S/C9H7BrN4O3S/c10-8-6(14(15)16)2-1-3-7(8)17-4-5-9(11)18-13-12-5/h1-3H,4,11H2. The van der Waals surface area contributed by atoms with Gasteiger partial charge in [-0.2, -0.15) is 0 Å². The number of ether oxygens (including phenoxy) is 1. The quantitative estimate of drug-likeness (QED) is 0.681. The summed E-state index contributed by atoms with van der Waals surface area (Å²) in [6.45, 7) is 0.113. The van der Waals surface area contributed by atoms with Crippen molar-refractivity contribution in [1.29, 1.82) is 0 Å². The summed E-state index contributed by atoms with van der Waals surface area (Å²) in [5.74, 6) is 0.358. The molecule has 1 heterocycles. The molecule has 0 amide bonds. The number of anilines is 1. The third kappa shape index (κ3) is 2.57. The van der Waals surface area contributed by atoms with Crippen LogP contribution in [0.1, 0.15) is 5.69 Å². The largest absolute Gasteiger partial charge is 0.486 e. The van der Waals surface area contributed by atoms with E-state index < -0.39 is 4.92 Å². The zero-order valence-corrected chi connectivity index (χ0v) is 11.3. The van der Waals surface area contributed by atoms with Crippen LogP contribution in [-0.4, -0.2) is 14.5 Å². The summed E-state index contributed by atoms with van der Waals surface area (Å²) in [7, 11) is 0. The van der Waals surface area contributed by atoms with Crippen LogP contribution in [0.15, 0.2) is 22.7 Å². The fourth-order valence-electron chi connectivity index (χ4n) is 1.21. The first-order chi connectivity index (χ1) is 8.59. The molecule has 0 spiro atoms. The van der Waals surface area contributed by atoms with Crippen molar-refractivity contribution in [3.63, 3.8) is 0 Å². The number of hydrogen-bond acceptors (Lipinski definition) is 7. The SMILES string of the molecule is Nc1snnc1COc1cccc([N+](=O)[O-])c1Br. The number of rotatable bonds is 4. The molecule has 0 unspecified atom stereocenters. The van der Waals surface area contributed by atoms with Gasteiger partial charge < -0.3 is 10.5 Å². The molecule has 1 aromatic heterocycles. The molecule has 7 nitrogen and oxygen atoms in total. The fourth-order valence-corrected chi connectivity index (χ4v) is 2.17. The Labute approximate surface area is 114 Å². The minimum atomic E-state index is -0.490. The first-order valence-corrected chi connectivity index (χ1v) is 6.28. The highest BCUT2D eigenvalue weighted by atomic mass is 79.9. The summed E-state index contributed by atoms with van der Waals surface area (Å²) >= 11 is 4.20. The van der Waals surface area contributed by atoms with Crippen molar-refractivity contribution in [2.45, 2.75) is 6.61 Å². The van der Waals surface area contributed by atoms with E-state index in [9.17, 15) is 10.1 Å². The lowest BCUT2D eigenvalue weighted by Gasteiger charge is -2.06. The lowest BCUT2D eigenvalue weighted by Crippen LogP contribution is -2.00. The van der Waals surface area contributed by atoms with E-state index in [4.69, 9.17) is 10.5 Å². The molecular weight excluding hydrogens is 324 g/mol. The Morgan fingerprint density at radius 1 is 1.56 bits per heavy atom. The van der Waals surface area contributed by atoms with Gasteiger partial charge in [0.15, 0.2) is 0 Å². The third-order valence-electron chi connectivity index (χ3n) is 2.09. The van der Waals surface area contributed by atoms with E-state index in [1.54, 1.807) is 12.1 Å². The van der Waals surface area contributed by atoms with Crippen LogP contribution in [0.4, 0.5) is 10.7 Å². The molecule has 2 N–H and O–H groups in total. The van der Waals surface area contributed by atoms with Gasteiger partial charge >= 0.3 is 0 Å². The van der Waals surface area contributed by atoms with Crippen LogP contribution in [0.3, 0.4) is 0 Å². The molecule has 1 aromatic carbocycles. The Balaban J connectivity index is 2.17. The molecule has 18 heavy (non-hydrogen) atoms. The molecular formula is C9H7BrN4O3S. The first kappa shape index (κ1) is 12.7. The molecule has 0 aliphatic heterocycles. The number of nitrogens with zero attached hydrogens (tertiary/aromatic N) is 3. The minimum absolute atomic E-state index is 0.0584. The summed E-state index contributed by atoms with van der Waals surface area (Å²) in [6, 6.07) is 4.55. The van der Waals surface area contributed by atoms with E-state index in [1.807, 2.05) is 0 Å². The van der Waals surface area contributed by atoms with E-state index in [0.717, 1.165) is 11.5 Å². The Morgan fingerprint density at radius 3 is 2.94 bits per heavy atom. The van der Waals surface area contributed by atoms with Gasteiger partial charge in [-0.3, -0.25) is 10.1 Å². The number of nitro benzene ring substituents is 1. The average molecular weight is 331 g/mol. The van der Waals surface area contributed by atoms with Crippen LogP contribution < -0.4 is 10.5 Å². The highest BCUT2D eigenvalue weighted by molar-refractivity contribution is 9.10. The molecule has 0 atom stereocenters. The number of aromatic nitrogens is 2. The monoisotopic (exact) mass is 330 g/mol. The predicted molar refractivity (Wildman–Crippen MR) is 69.4 cm³/mol. The van der Waals surface area contributed by atoms with Crippen molar-refractivity contribution in [3.8, 4) is 5.75 Å². The van der Waals surface area contributed by atoms with Gasteiger partial charge in [-0.1, -0.05) is 10.6 Å². The van der Waals surface area contributed by atoms with Crippen molar-refractivity contribution < 1.29 is 9.66 Å². The second-order valence-corrected chi connectivity index (χ2v) is 4.80. The van der Waals surface area contributed by atoms with Gasteiger partial charge in [0.2, 0.25) is 0 Å². The highest BCUT2D eigenvalue weighted by Crippen LogP contribution is 2.34. The van der Waals surface area contributed by atoms with Crippen molar-refractivity contribution >= 4 is 38.2 Å². The average Bonchev–Trinajstić information content (AvgIpc) is 2.73. The van der Waals surface area contributed by atoms with E-state index in [1.165, 1.54) is 6.07 Å². The maximum Gasteiger partial charge on any atom is 0.287 e. The van der Waals surface area contributed by atoms with Gasteiger partial charge in [0.05, 0.1) is 4.92 Å². The maximum atomic E-state index is 10.7. The van der Waals surface area contributed by atoms with Crippen LogP contribution in [0.5, 0.6) is 5.75 Å². The number of halogens is 1. The smallest absolute Gasteiger partial charge is 0.287 e. The van der Waals surface area contributed by atoms with Gasteiger partial charge in [-0.05, 0) is 22.0 Å². The van der Waals surface area contributed by atoms with E-state index in [0.29, 0.717) is 16.4 Å². The lowest BCUT2D eigenvalue weighted by atomic mass is 10.3. The molecule has 0 saturated heterocycles. The number of hydrogen-bond donors (Lipinski definition) is 1. The van der Waals surface area contributed by atoms with Gasteiger partial charge in [-0.25, -0.2) is 0 Å². The Kier molecular flexibility index (Phi) is 3.72. The van der Waals surface area contributed by atoms with Crippen LogP contribution in [-0.2, 0) is 6.61 Å². The summed E-state index contributed by atoms with van der Waals surface area (Å²) in [4.78, 5) is 10.2. The molecule has 0 radical (unpaired) electrons. The fraction of sp³-hybridized carbons (Fsp3) is 0.111. The van der Waals surface area contributed by atoms with E-state index in [-0.39, 0.29) is 16.8 Å². The molecule has 9 heteroatoms. The van der Waals surface area contributed by atoms with Gasteiger partial charge in [-0.15, -0.1) is 5.10 Å². The molecule has 0 aliphatic rings. The number of nitro groups is 1. The van der Waals surface area contributed by atoms with E-state index >= 15 is 0 Å². The Morgan fingerprint density at radius 2 is 2.33 bits per heavy atom.